The number of benzene rings is 2. The van der Waals surface area contributed by atoms with Gasteiger partial charge in [0.25, 0.3) is 11.5 Å². The molecule has 26 heavy (non-hydrogen) atoms. The van der Waals surface area contributed by atoms with Gasteiger partial charge in [0.2, 0.25) is 0 Å². The average molecular weight is 348 g/mol. The highest BCUT2D eigenvalue weighted by molar-refractivity contribution is 6.04. The van der Waals surface area contributed by atoms with Crippen molar-refractivity contribution < 1.29 is 4.79 Å². The highest BCUT2D eigenvalue weighted by Crippen LogP contribution is 2.27. The molecule has 6 heteroatoms. The van der Waals surface area contributed by atoms with Crippen LogP contribution in [0.2, 0.25) is 0 Å². The number of nitrogens with one attached hydrogen (secondary N) is 1. The topological polar surface area (TPSA) is 69.3 Å². The summed E-state index contributed by atoms with van der Waals surface area (Å²) in [7, 11) is 2.06. The van der Waals surface area contributed by atoms with Crippen molar-refractivity contribution in [3.8, 4) is 0 Å². The summed E-state index contributed by atoms with van der Waals surface area (Å²) in [6.45, 7) is 2.18. The minimum Gasteiger partial charge on any atom is -0.328 e. The summed E-state index contributed by atoms with van der Waals surface area (Å²) >= 11 is 0. The molecule has 0 saturated carbocycles. The first-order valence-electron chi connectivity index (χ1n) is 8.67. The third kappa shape index (κ3) is 2.88. The van der Waals surface area contributed by atoms with Crippen LogP contribution in [0.1, 0.15) is 22.1 Å². The minimum atomic E-state index is -0.282. The zero-order valence-electron chi connectivity index (χ0n) is 14.6. The number of amides is 1. The molecule has 1 aliphatic heterocycles. The van der Waals surface area contributed by atoms with E-state index in [1.54, 1.807) is 18.2 Å². The number of fused-ring (bicyclic) bond motifs is 1. The Labute approximate surface area is 151 Å². The fraction of sp³-hybridized carbons (Fsp3) is 0.250. The van der Waals surface area contributed by atoms with Crippen molar-refractivity contribution >= 4 is 16.7 Å². The molecule has 1 amide bonds. The molecule has 6 nitrogen and oxygen atoms in total. The van der Waals surface area contributed by atoms with Crippen LogP contribution in [0.25, 0.3) is 10.8 Å². The molecule has 0 bridgehead atoms. The second kappa shape index (κ2) is 6.72. The van der Waals surface area contributed by atoms with E-state index >= 15 is 0 Å². The van der Waals surface area contributed by atoms with Crippen molar-refractivity contribution in [2.24, 2.45) is 0 Å². The molecule has 0 aliphatic carbocycles. The average Bonchev–Trinajstić information content (AvgIpc) is 2.69. The lowest BCUT2D eigenvalue weighted by Crippen LogP contribution is -2.49. The first-order valence-corrected chi connectivity index (χ1v) is 8.67. The second-order valence-corrected chi connectivity index (χ2v) is 6.63. The molecule has 0 unspecified atom stereocenters. The van der Waals surface area contributed by atoms with Crippen molar-refractivity contribution in [2.75, 3.05) is 26.7 Å². The van der Waals surface area contributed by atoms with Gasteiger partial charge < -0.3 is 9.80 Å². The number of hydrogen-bond donors (Lipinski definition) is 1. The molecule has 1 N–H and O–H groups in total. The maximum Gasteiger partial charge on any atom is 0.275 e. The van der Waals surface area contributed by atoms with Gasteiger partial charge in [0.05, 0.1) is 11.4 Å². The summed E-state index contributed by atoms with van der Waals surface area (Å²) < 4.78 is 0. The van der Waals surface area contributed by atoms with E-state index in [4.69, 9.17) is 0 Å². The van der Waals surface area contributed by atoms with E-state index in [0.29, 0.717) is 23.0 Å². The van der Waals surface area contributed by atoms with Crippen LogP contribution in [-0.2, 0) is 0 Å². The molecule has 1 aliphatic rings. The standard InChI is InChI=1S/C20H20N4O2/c1-23-11-12-24(17(13-23)14-7-3-2-4-8-14)20(26)18-15-9-5-6-10-16(15)19(25)22-21-18/h2-10,17H,11-13H2,1H3,(H,22,25)/t17-/m0/s1. The van der Waals surface area contributed by atoms with E-state index in [1.807, 2.05) is 41.3 Å². The van der Waals surface area contributed by atoms with Gasteiger partial charge in [-0.1, -0.05) is 48.5 Å². The fourth-order valence-electron chi connectivity index (χ4n) is 3.54. The zero-order valence-corrected chi connectivity index (χ0v) is 14.6. The Hall–Kier alpha value is -2.99. The van der Waals surface area contributed by atoms with Gasteiger partial charge in [-0.05, 0) is 18.7 Å². The first kappa shape index (κ1) is 16.5. The number of carbonyl (C=O) groups excluding carboxylic acids is 1. The van der Waals surface area contributed by atoms with Gasteiger partial charge in [0.15, 0.2) is 5.69 Å². The maximum atomic E-state index is 13.3. The van der Waals surface area contributed by atoms with Crippen LogP contribution in [0.15, 0.2) is 59.4 Å². The summed E-state index contributed by atoms with van der Waals surface area (Å²) in [5.74, 6) is -0.153. The summed E-state index contributed by atoms with van der Waals surface area (Å²) in [5, 5.41) is 7.62. The fourth-order valence-corrected chi connectivity index (χ4v) is 3.54. The van der Waals surface area contributed by atoms with E-state index in [2.05, 4.69) is 22.1 Å². The maximum absolute atomic E-state index is 13.3. The number of nitrogens with zero attached hydrogens (tertiary/aromatic N) is 3. The Morgan fingerprint density at radius 3 is 2.50 bits per heavy atom. The highest BCUT2D eigenvalue weighted by atomic mass is 16.2. The number of rotatable bonds is 2. The lowest BCUT2D eigenvalue weighted by molar-refractivity contribution is 0.0493. The van der Waals surface area contributed by atoms with Crippen molar-refractivity contribution in [3.05, 3.63) is 76.2 Å². The van der Waals surface area contributed by atoms with Crippen LogP contribution in [0.4, 0.5) is 0 Å². The molecule has 2 heterocycles. The predicted octanol–water partition coefficient (Wildman–Crippen LogP) is 2.05. The SMILES string of the molecule is CN1CCN(C(=O)c2n[nH]c(=O)c3ccccc23)[C@H](c2ccccc2)C1. The third-order valence-electron chi connectivity index (χ3n) is 4.93. The van der Waals surface area contributed by atoms with Gasteiger partial charge >= 0.3 is 0 Å². The Morgan fingerprint density at radius 1 is 1.04 bits per heavy atom. The summed E-state index contributed by atoms with van der Waals surface area (Å²) in [6, 6.07) is 17.1. The lowest BCUT2D eigenvalue weighted by Gasteiger charge is -2.40. The Morgan fingerprint density at radius 2 is 1.73 bits per heavy atom. The van der Waals surface area contributed by atoms with Gasteiger partial charge in [-0.15, -0.1) is 0 Å². The molecule has 1 atom stereocenters. The summed E-state index contributed by atoms with van der Waals surface area (Å²) in [4.78, 5) is 29.4. The molecule has 132 valence electrons. The molecular weight excluding hydrogens is 328 g/mol. The van der Waals surface area contributed by atoms with Crippen LogP contribution in [0.3, 0.4) is 0 Å². The van der Waals surface area contributed by atoms with Crippen LogP contribution in [-0.4, -0.2) is 52.6 Å². The minimum absolute atomic E-state index is 0.0464. The largest absolute Gasteiger partial charge is 0.328 e. The van der Waals surface area contributed by atoms with E-state index < -0.39 is 0 Å². The van der Waals surface area contributed by atoms with Crippen molar-refractivity contribution in [1.82, 2.24) is 20.0 Å². The number of H-pyrrole nitrogens is 1. The predicted molar refractivity (Wildman–Crippen MR) is 100 cm³/mol. The first-order chi connectivity index (χ1) is 12.6. The smallest absolute Gasteiger partial charge is 0.275 e. The van der Waals surface area contributed by atoms with Crippen molar-refractivity contribution in [2.45, 2.75) is 6.04 Å². The monoisotopic (exact) mass is 348 g/mol. The van der Waals surface area contributed by atoms with Crippen LogP contribution < -0.4 is 5.56 Å². The lowest BCUT2D eigenvalue weighted by atomic mass is 10.0. The second-order valence-electron chi connectivity index (χ2n) is 6.63. The molecule has 0 spiro atoms. The van der Waals surface area contributed by atoms with Crippen LogP contribution in [0, 0.1) is 0 Å². The van der Waals surface area contributed by atoms with Gasteiger partial charge in [-0.25, -0.2) is 5.10 Å². The molecule has 1 saturated heterocycles. The van der Waals surface area contributed by atoms with Crippen LogP contribution in [0.5, 0.6) is 0 Å². The van der Waals surface area contributed by atoms with E-state index in [1.165, 1.54) is 0 Å². The molecule has 4 rings (SSSR count). The van der Waals surface area contributed by atoms with Crippen LogP contribution >= 0.6 is 0 Å². The number of likely N-dealkylation sites (N-methyl/N-ethyl adjacent to an activating group) is 1. The van der Waals surface area contributed by atoms with Gasteiger partial charge in [0, 0.05) is 25.0 Å². The Kier molecular flexibility index (Phi) is 4.26. The van der Waals surface area contributed by atoms with E-state index in [9.17, 15) is 9.59 Å². The van der Waals surface area contributed by atoms with E-state index in [0.717, 1.165) is 18.7 Å². The molecule has 3 aromatic rings. The highest BCUT2D eigenvalue weighted by Gasteiger charge is 2.32. The molecule has 1 aromatic heterocycles. The van der Waals surface area contributed by atoms with Gasteiger partial charge in [-0.3, -0.25) is 9.59 Å². The third-order valence-corrected chi connectivity index (χ3v) is 4.93. The number of piperazine rings is 1. The van der Waals surface area contributed by atoms with Gasteiger partial charge in [-0.2, -0.15) is 5.10 Å². The zero-order chi connectivity index (χ0) is 18.1. The molecular formula is C20H20N4O2. The quantitative estimate of drug-likeness (QED) is 0.770. The van der Waals surface area contributed by atoms with E-state index in [-0.39, 0.29) is 17.5 Å². The summed E-state index contributed by atoms with van der Waals surface area (Å²) in [5.41, 5.74) is 1.11. The molecule has 1 fully saturated rings. The van der Waals surface area contributed by atoms with Crippen molar-refractivity contribution in [1.29, 1.82) is 0 Å². The Balaban J connectivity index is 1.77. The number of aromatic amines is 1. The number of hydrogen-bond acceptors (Lipinski definition) is 4. The number of aromatic nitrogens is 2. The molecule has 2 aromatic carbocycles. The number of carbonyl (C=O) groups is 1. The molecule has 0 radical (unpaired) electrons. The van der Waals surface area contributed by atoms with Gasteiger partial charge in [0.1, 0.15) is 0 Å². The normalized spacial score (nSPS) is 18.2. The Bertz CT molecular complexity index is 999. The van der Waals surface area contributed by atoms with Crippen molar-refractivity contribution in [3.63, 3.8) is 0 Å². The summed E-state index contributed by atoms with van der Waals surface area (Å²) in [6.07, 6.45) is 0.